The van der Waals surface area contributed by atoms with E-state index in [1.165, 1.54) is 31.0 Å². The molecule has 1 aromatic carbocycles. The van der Waals surface area contributed by atoms with Crippen molar-refractivity contribution in [1.82, 2.24) is 10.1 Å². The number of phenolic OH excluding ortho intramolecular Hbond substituents is 1. The molecular weight excluding hydrogens is 223 g/mol. The van der Waals surface area contributed by atoms with E-state index in [4.69, 9.17) is 4.52 Å². The van der Waals surface area contributed by atoms with Crippen LogP contribution in [0.25, 0.3) is 11.5 Å². The number of aromatic hydroxyl groups is 1. The molecular formula is C12H11FN2O2. The van der Waals surface area contributed by atoms with E-state index in [2.05, 4.69) is 10.1 Å². The van der Waals surface area contributed by atoms with Crippen LogP contribution in [0.15, 0.2) is 22.7 Å². The first kappa shape index (κ1) is 10.3. The van der Waals surface area contributed by atoms with Crippen molar-refractivity contribution in [1.29, 1.82) is 0 Å². The maximum atomic E-state index is 13.1. The lowest BCUT2D eigenvalue weighted by atomic mass is 10.2. The molecule has 4 nitrogen and oxygen atoms in total. The second-order valence-electron chi connectivity index (χ2n) is 4.32. The minimum absolute atomic E-state index is 0.0620. The zero-order valence-electron chi connectivity index (χ0n) is 9.06. The number of halogens is 1. The summed E-state index contributed by atoms with van der Waals surface area (Å²) >= 11 is 0. The van der Waals surface area contributed by atoms with Crippen molar-refractivity contribution in [3.05, 3.63) is 29.8 Å². The molecule has 2 aromatic rings. The summed E-state index contributed by atoms with van der Waals surface area (Å²) in [5.41, 5.74) is 0.236. The highest BCUT2D eigenvalue weighted by Gasteiger charge is 2.24. The SMILES string of the molecule is Oc1ccc(F)cc1-c1nc(CC2CC2)no1. The first-order valence-corrected chi connectivity index (χ1v) is 5.54. The summed E-state index contributed by atoms with van der Waals surface area (Å²) in [6, 6.07) is 3.64. The fourth-order valence-corrected chi connectivity index (χ4v) is 1.71. The molecule has 88 valence electrons. The molecule has 1 N–H and O–H groups in total. The van der Waals surface area contributed by atoms with Gasteiger partial charge in [0.1, 0.15) is 11.6 Å². The summed E-state index contributed by atoms with van der Waals surface area (Å²) < 4.78 is 18.1. The van der Waals surface area contributed by atoms with Gasteiger partial charge in [-0.2, -0.15) is 4.98 Å². The maximum absolute atomic E-state index is 13.1. The van der Waals surface area contributed by atoms with Crippen LogP contribution >= 0.6 is 0 Å². The summed E-state index contributed by atoms with van der Waals surface area (Å²) in [6.45, 7) is 0. The molecule has 1 saturated carbocycles. The summed E-state index contributed by atoms with van der Waals surface area (Å²) in [4.78, 5) is 4.16. The number of rotatable bonds is 3. The number of hydrogen-bond donors (Lipinski definition) is 1. The van der Waals surface area contributed by atoms with Gasteiger partial charge in [0.15, 0.2) is 5.82 Å². The zero-order chi connectivity index (χ0) is 11.8. The predicted molar refractivity (Wildman–Crippen MR) is 57.8 cm³/mol. The van der Waals surface area contributed by atoms with Gasteiger partial charge < -0.3 is 9.63 Å². The number of nitrogens with zero attached hydrogens (tertiary/aromatic N) is 2. The molecule has 0 unspecified atom stereocenters. The molecule has 1 aliphatic carbocycles. The summed E-state index contributed by atoms with van der Waals surface area (Å²) in [6.07, 6.45) is 3.20. The van der Waals surface area contributed by atoms with E-state index in [9.17, 15) is 9.50 Å². The third-order valence-corrected chi connectivity index (χ3v) is 2.83. The molecule has 3 rings (SSSR count). The number of phenols is 1. The molecule has 1 aliphatic rings. The Hall–Kier alpha value is -1.91. The fraction of sp³-hybridized carbons (Fsp3) is 0.333. The van der Waals surface area contributed by atoms with Crippen LogP contribution in [-0.2, 0) is 6.42 Å². The minimum atomic E-state index is -0.445. The number of benzene rings is 1. The van der Waals surface area contributed by atoms with Crippen molar-refractivity contribution in [2.75, 3.05) is 0 Å². The van der Waals surface area contributed by atoms with Gasteiger partial charge in [-0.25, -0.2) is 4.39 Å². The van der Waals surface area contributed by atoms with Crippen molar-refractivity contribution < 1.29 is 14.0 Å². The third-order valence-electron chi connectivity index (χ3n) is 2.83. The van der Waals surface area contributed by atoms with Crippen LogP contribution < -0.4 is 0 Å². The van der Waals surface area contributed by atoms with E-state index in [-0.39, 0.29) is 17.2 Å². The van der Waals surface area contributed by atoms with Crippen molar-refractivity contribution in [2.24, 2.45) is 5.92 Å². The molecule has 17 heavy (non-hydrogen) atoms. The number of hydrogen-bond acceptors (Lipinski definition) is 4. The Morgan fingerprint density at radius 3 is 3.00 bits per heavy atom. The van der Waals surface area contributed by atoms with Gasteiger partial charge in [0.25, 0.3) is 5.89 Å². The number of aromatic nitrogens is 2. The van der Waals surface area contributed by atoms with Crippen LogP contribution in [0.2, 0.25) is 0 Å². The molecule has 0 aliphatic heterocycles. The van der Waals surface area contributed by atoms with Gasteiger partial charge in [-0.05, 0) is 37.0 Å². The summed E-state index contributed by atoms with van der Waals surface area (Å²) in [5, 5.41) is 13.4. The first-order chi connectivity index (χ1) is 8.22. The Morgan fingerprint density at radius 2 is 2.24 bits per heavy atom. The van der Waals surface area contributed by atoms with E-state index in [0.717, 1.165) is 6.42 Å². The highest BCUT2D eigenvalue weighted by Crippen LogP contribution is 2.33. The highest BCUT2D eigenvalue weighted by atomic mass is 19.1. The van der Waals surface area contributed by atoms with Gasteiger partial charge in [-0.15, -0.1) is 0 Å². The van der Waals surface area contributed by atoms with Gasteiger partial charge in [-0.3, -0.25) is 0 Å². The Balaban J connectivity index is 1.91. The van der Waals surface area contributed by atoms with Gasteiger partial charge in [0.05, 0.1) is 5.56 Å². The Bertz CT molecular complexity index is 549. The highest BCUT2D eigenvalue weighted by molar-refractivity contribution is 5.61. The predicted octanol–water partition coefficient (Wildman–Crippen LogP) is 2.53. The molecule has 0 atom stereocenters. The van der Waals surface area contributed by atoms with E-state index in [0.29, 0.717) is 11.7 Å². The van der Waals surface area contributed by atoms with Crippen molar-refractivity contribution in [2.45, 2.75) is 19.3 Å². The average molecular weight is 234 g/mol. The van der Waals surface area contributed by atoms with Crippen molar-refractivity contribution in [3.8, 4) is 17.2 Å². The molecule has 0 saturated heterocycles. The molecule has 5 heteroatoms. The Kier molecular flexibility index (Phi) is 2.31. The van der Waals surface area contributed by atoms with Crippen LogP contribution in [0, 0.1) is 11.7 Å². The lowest BCUT2D eigenvalue weighted by Gasteiger charge is -1.98. The van der Waals surface area contributed by atoms with Crippen LogP contribution in [0.5, 0.6) is 5.75 Å². The van der Waals surface area contributed by atoms with Gasteiger partial charge in [0, 0.05) is 6.42 Å². The molecule has 0 amide bonds. The normalized spacial score (nSPS) is 15.1. The third kappa shape index (κ3) is 2.13. The van der Waals surface area contributed by atoms with Gasteiger partial charge in [-0.1, -0.05) is 5.16 Å². The van der Waals surface area contributed by atoms with E-state index < -0.39 is 5.82 Å². The Morgan fingerprint density at radius 1 is 1.41 bits per heavy atom. The zero-order valence-corrected chi connectivity index (χ0v) is 9.06. The molecule has 1 aromatic heterocycles. The minimum Gasteiger partial charge on any atom is -0.507 e. The second kappa shape index (κ2) is 3.84. The fourth-order valence-electron chi connectivity index (χ4n) is 1.71. The van der Waals surface area contributed by atoms with Gasteiger partial charge >= 0.3 is 0 Å². The maximum Gasteiger partial charge on any atom is 0.261 e. The summed E-state index contributed by atoms with van der Waals surface area (Å²) in [7, 11) is 0. The lowest BCUT2D eigenvalue weighted by Crippen LogP contribution is -1.89. The molecule has 0 radical (unpaired) electrons. The Labute approximate surface area is 97.1 Å². The van der Waals surface area contributed by atoms with Crippen LogP contribution in [0.4, 0.5) is 4.39 Å². The van der Waals surface area contributed by atoms with Crippen molar-refractivity contribution >= 4 is 0 Å². The van der Waals surface area contributed by atoms with E-state index in [1.807, 2.05) is 0 Å². The monoisotopic (exact) mass is 234 g/mol. The quantitative estimate of drug-likeness (QED) is 0.886. The molecule has 1 fully saturated rings. The molecule has 0 spiro atoms. The average Bonchev–Trinajstić information content (AvgIpc) is 2.99. The lowest BCUT2D eigenvalue weighted by molar-refractivity contribution is 0.415. The summed E-state index contributed by atoms with van der Waals surface area (Å²) in [5.74, 6) is 0.929. The smallest absolute Gasteiger partial charge is 0.261 e. The molecule has 0 bridgehead atoms. The second-order valence-corrected chi connectivity index (χ2v) is 4.32. The molecule has 1 heterocycles. The first-order valence-electron chi connectivity index (χ1n) is 5.54. The van der Waals surface area contributed by atoms with Crippen molar-refractivity contribution in [3.63, 3.8) is 0 Å². The van der Waals surface area contributed by atoms with Crippen LogP contribution in [0.3, 0.4) is 0 Å². The van der Waals surface area contributed by atoms with Gasteiger partial charge in [0.2, 0.25) is 0 Å². The van der Waals surface area contributed by atoms with E-state index in [1.54, 1.807) is 0 Å². The van der Waals surface area contributed by atoms with Crippen LogP contribution in [0.1, 0.15) is 18.7 Å². The standard InChI is InChI=1S/C12H11FN2O2/c13-8-3-4-10(16)9(6-8)12-14-11(15-17-12)5-7-1-2-7/h3-4,6-7,16H,1-2,5H2. The van der Waals surface area contributed by atoms with Crippen LogP contribution in [-0.4, -0.2) is 15.2 Å². The largest absolute Gasteiger partial charge is 0.507 e. The van der Waals surface area contributed by atoms with E-state index >= 15 is 0 Å². The topological polar surface area (TPSA) is 59.2 Å².